The van der Waals surface area contributed by atoms with Crippen molar-refractivity contribution in [3.05, 3.63) is 59.4 Å². The number of fused-ring (bicyclic) bond motifs is 6. The fourth-order valence-electron chi connectivity index (χ4n) is 5.44. The third kappa shape index (κ3) is 4.09. The Morgan fingerprint density at radius 3 is 2.62 bits per heavy atom. The number of hydrogen-bond acceptors (Lipinski definition) is 6. The van der Waals surface area contributed by atoms with E-state index in [4.69, 9.17) is 16.3 Å². The number of hydrogen-bond donors (Lipinski definition) is 0. The normalized spacial score (nSPS) is 17.3. The highest BCUT2D eigenvalue weighted by Crippen LogP contribution is 2.43. The summed E-state index contributed by atoms with van der Waals surface area (Å²) in [5, 5.41) is 1.32. The lowest BCUT2D eigenvalue weighted by atomic mass is 9.99. The van der Waals surface area contributed by atoms with Crippen LogP contribution in [0.15, 0.2) is 42.7 Å². The van der Waals surface area contributed by atoms with Crippen LogP contribution in [-0.4, -0.2) is 65.2 Å². The third-order valence-corrected chi connectivity index (χ3v) is 7.66. The Morgan fingerprint density at radius 1 is 1.10 bits per heavy atom. The summed E-state index contributed by atoms with van der Waals surface area (Å²) in [5.41, 5.74) is 0.854. The molecule has 0 aliphatic carbocycles. The maximum Gasteiger partial charge on any atom is 0.410 e. The number of amides is 2. The van der Waals surface area contributed by atoms with Gasteiger partial charge in [0.15, 0.2) is 5.82 Å². The molecule has 1 saturated heterocycles. The van der Waals surface area contributed by atoms with Gasteiger partial charge in [0.1, 0.15) is 28.7 Å². The summed E-state index contributed by atoms with van der Waals surface area (Å²) in [5.74, 6) is -1.50. The minimum atomic E-state index is -0.688. The Bertz CT molecular complexity index is 1720. The monoisotopic (exact) mass is 565 g/mol. The van der Waals surface area contributed by atoms with Crippen LogP contribution >= 0.6 is 11.6 Å². The average Bonchev–Trinajstić information content (AvgIpc) is 2.92. The molecule has 206 valence electrons. The maximum atomic E-state index is 16.2. The first kappa shape index (κ1) is 26.2. The largest absolute Gasteiger partial charge is 0.444 e. The van der Waals surface area contributed by atoms with Crippen molar-refractivity contribution in [3.8, 4) is 11.3 Å². The molecule has 8 nitrogen and oxygen atoms in total. The molecule has 0 spiro atoms. The number of likely N-dealkylation sites (N-methyl/N-ethyl adjacent to an activating group) is 1. The van der Waals surface area contributed by atoms with Gasteiger partial charge in [-0.1, -0.05) is 35.9 Å². The van der Waals surface area contributed by atoms with Crippen LogP contribution in [-0.2, 0) is 9.53 Å². The molecule has 2 aliphatic rings. The molecule has 1 atom stereocenters. The average molecular weight is 566 g/mol. The standard InChI is InChI=1S/C29H26ClF2N5O3/c1-29(2,3)40-28(39)36-10-11-37-20(14-36)27(38)35(4)19-13-34-25-17(26(19)37)12-33-24(23(25)32)16-7-5-6-15-8-9-18(31)22(30)21(15)16/h5-9,12-13,20H,10-11,14H2,1-4H3/t20-/m0/s1. The molecule has 0 unspecified atom stereocenters. The molecule has 2 aromatic heterocycles. The molecule has 40 heavy (non-hydrogen) atoms. The Kier molecular flexibility index (Phi) is 6.06. The first-order chi connectivity index (χ1) is 19.0. The lowest BCUT2D eigenvalue weighted by Crippen LogP contribution is -2.63. The summed E-state index contributed by atoms with van der Waals surface area (Å²) in [6.07, 6.45) is 2.50. The highest BCUT2D eigenvalue weighted by atomic mass is 35.5. The summed E-state index contributed by atoms with van der Waals surface area (Å²) >= 11 is 6.30. The highest BCUT2D eigenvalue weighted by molar-refractivity contribution is 6.36. The lowest BCUT2D eigenvalue weighted by Gasteiger charge is -2.47. The Balaban J connectivity index is 1.46. The van der Waals surface area contributed by atoms with Gasteiger partial charge in [-0.05, 0) is 32.2 Å². The molecule has 2 amide bonds. The van der Waals surface area contributed by atoms with Crippen molar-refractivity contribution in [2.75, 3.05) is 36.5 Å². The molecule has 0 bridgehead atoms. The maximum absolute atomic E-state index is 16.2. The fourth-order valence-corrected chi connectivity index (χ4v) is 5.71. The number of benzene rings is 2. The minimum absolute atomic E-state index is 0.00964. The predicted octanol–water partition coefficient (Wildman–Crippen LogP) is 5.78. The van der Waals surface area contributed by atoms with E-state index in [9.17, 15) is 14.0 Å². The second-order valence-electron chi connectivity index (χ2n) is 11.0. The van der Waals surface area contributed by atoms with Gasteiger partial charge in [-0.15, -0.1) is 0 Å². The minimum Gasteiger partial charge on any atom is -0.444 e. The van der Waals surface area contributed by atoms with Crippen LogP contribution in [0, 0.1) is 11.6 Å². The molecule has 0 radical (unpaired) electrons. The van der Waals surface area contributed by atoms with Gasteiger partial charge in [0.05, 0.1) is 29.1 Å². The molecule has 4 heterocycles. The van der Waals surface area contributed by atoms with E-state index < -0.39 is 29.4 Å². The second kappa shape index (κ2) is 9.26. The van der Waals surface area contributed by atoms with Gasteiger partial charge >= 0.3 is 6.09 Å². The number of rotatable bonds is 1. The molecule has 6 rings (SSSR count). The Hall–Kier alpha value is -4.05. The molecule has 2 aliphatic heterocycles. The molecule has 0 N–H and O–H groups in total. The van der Waals surface area contributed by atoms with Crippen molar-refractivity contribution in [1.29, 1.82) is 0 Å². The van der Waals surface area contributed by atoms with E-state index in [1.54, 1.807) is 52.1 Å². The summed E-state index contributed by atoms with van der Waals surface area (Å²) < 4.78 is 36.0. The highest BCUT2D eigenvalue weighted by Gasteiger charge is 2.43. The van der Waals surface area contributed by atoms with E-state index in [-0.39, 0.29) is 28.7 Å². The molecular weight excluding hydrogens is 540 g/mol. The van der Waals surface area contributed by atoms with Gasteiger partial charge in [0.25, 0.3) is 5.91 Å². The molecular formula is C29H26ClF2N5O3. The zero-order chi connectivity index (χ0) is 28.5. The molecule has 2 aromatic carbocycles. The van der Waals surface area contributed by atoms with Gasteiger partial charge in [-0.2, -0.15) is 0 Å². The smallest absolute Gasteiger partial charge is 0.410 e. The first-order valence-electron chi connectivity index (χ1n) is 12.8. The zero-order valence-electron chi connectivity index (χ0n) is 22.3. The van der Waals surface area contributed by atoms with Crippen molar-refractivity contribution in [2.24, 2.45) is 0 Å². The van der Waals surface area contributed by atoms with E-state index in [1.165, 1.54) is 28.3 Å². The molecule has 4 aromatic rings. The Labute approximate surface area is 234 Å². The number of nitrogens with zero attached hydrogens (tertiary/aromatic N) is 5. The quantitative estimate of drug-likeness (QED) is 0.291. The van der Waals surface area contributed by atoms with E-state index >= 15 is 4.39 Å². The summed E-state index contributed by atoms with van der Waals surface area (Å²) in [4.78, 5) is 39.8. The number of piperazine rings is 1. The topological polar surface area (TPSA) is 78.9 Å². The number of carbonyl (C=O) groups excluding carboxylic acids is 2. The van der Waals surface area contributed by atoms with Gasteiger partial charge in [0, 0.05) is 42.7 Å². The van der Waals surface area contributed by atoms with Crippen LogP contribution in [0.5, 0.6) is 0 Å². The number of carbonyl (C=O) groups is 2. The van der Waals surface area contributed by atoms with Crippen LogP contribution < -0.4 is 9.80 Å². The van der Waals surface area contributed by atoms with E-state index in [1.807, 2.05) is 4.90 Å². The van der Waals surface area contributed by atoms with E-state index in [2.05, 4.69) is 9.97 Å². The second-order valence-corrected chi connectivity index (χ2v) is 11.4. The number of aromatic nitrogens is 2. The lowest BCUT2D eigenvalue weighted by molar-refractivity contribution is -0.120. The zero-order valence-corrected chi connectivity index (χ0v) is 23.1. The van der Waals surface area contributed by atoms with Crippen LogP contribution in [0.1, 0.15) is 20.8 Å². The van der Waals surface area contributed by atoms with Crippen molar-refractivity contribution in [1.82, 2.24) is 14.9 Å². The summed E-state index contributed by atoms with van der Waals surface area (Å²) in [7, 11) is 1.63. The van der Waals surface area contributed by atoms with Gasteiger partial charge < -0.3 is 19.4 Å². The van der Waals surface area contributed by atoms with Crippen molar-refractivity contribution in [2.45, 2.75) is 32.4 Å². The van der Waals surface area contributed by atoms with Crippen LogP contribution in [0.4, 0.5) is 25.0 Å². The van der Waals surface area contributed by atoms with Crippen LogP contribution in [0.25, 0.3) is 32.9 Å². The molecule has 1 fully saturated rings. The van der Waals surface area contributed by atoms with E-state index in [0.29, 0.717) is 46.2 Å². The van der Waals surface area contributed by atoms with Crippen molar-refractivity contribution >= 4 is 56.7 Å². The predicted molar refractivity (Wildman–Crippen MR) is 150 cm³/mol. The van der Waals surface area contributed by atoms with Gasteiger partial charge in [0.2, 0.25) is 0 Å². The molecule has 0 saturated carbocycles. The van der Waals surface area contributed by atoms with Crippen molar-refractivity contribution < 1.29 is 23.1 Å². The summed E-state index contributed by atoms with van der Waals surface area (Å²) in [6.45, 7) is 6.13. The third-order valence-electron chi connectivity index (χ3n) is 7.29. The number of anilines is 2. The van der Waals surface area contributed by atoms with Crippen LogP contribution in [0.2, 0.25) is 5.02 Å². The van der Waals surface area contributed by atoms with Gasteiger partial charge in [-0.3, -0.25) is 14.8 Å². The van der Waals surface area contributed by atoms with Crippen LogP contribution in [0.3, 0.4) is 0 Å². The Morgan fingerprint density at radius 2 is 1.88 bits per heavy atom. The number of pyridine rings is 2. The number of halogens is 3. The number of ether oxygens (including phenoxy) is 1. The SMILES string of the molecule is CN1C(=O)[C@@H]2CN(C(=O)OC(C)(C)C)CCN2c2c1cnc1c(F)c(-c3cccc4ccc(F)c(Cl)c34)ncc21. The van der Waals surface area contributed by atoms with Gasteiger partial charge in [-0.25, -0.2) is 13.6 Å². The molecule has 11 heteroatoms. The fraction of sp³-hybridized carbons (Fsp3) is 0.310. The van der Waals surface area contributed by atoms with E-state index in [0.717, 1.165) is 0 Å². The first-order valence-corrected chi connectivity index (χ1v) is 13.2. The van der Waals surface area contributed by atoms with Crippen molar-refractivity contribution in [3.63, 3.8) is 0 Å². The summed E-state index contributed by atoms with van der Waals surface area (Å²) in [6, 6.07) is 7.30.